The SMILES string of the molecule is CC(C)C(NC(=O)C12CC3CC(CC(C3)C1)C2)C(=O)N1CCN(c2nccs2)CC1. The molecule has 5 aliphatic rings. The van der Waals surface area contributed by atoms with Crippen molar-refractivity contribution < 1.29 is 9.59 Å². The molecule has 0 aromatic carbocycles. The van der Waals surface area contributed by atoms with Crippen molar-refractivity contribution in [2.75, 3.05) is 31.1 Å². The zero-order valence-corrected chi connectivity index (χ0v) is 19.0. The number of rotatable bonds is 5. The van der Waals surface area contributed by atoms with Gasteiger partial charge in [-0.25, -0.2) is 4.98 Å². The lowest BCUT2D eigenvalue weighted by Crippen LogP contribution is -2.60. The third kappa shape index (κ3) is 3.63. The van der Waals surface area contributed by atoms with Crippen LogP contribution in [-0.2, 0) is 9.59 Å². The summed E-state index contributed by atoms with van der Waals surface area (Å²) in [7, 11) is 0. The van der Waals surface area contributed by atoms with E-state index in [0.717, 1.165) is 55.2 Å². The van der Waals surface area contributed by atoms with E-state index in [-0.39, 0.29) is 23.1 Å². The molecule has 7 heteroatoms. The van der Waals surface area contributed by atoms with Crippen LogP contribution in [0.3, 0.4) is 0 Å². The minimum Gasteiger partial charge on any atom is -0.345 e. The molecule has 0 spiro atoms. The summed E-state index contributed by atoms with van der Waals surface area (Å²) in [5.41, 5.74) is -0.203. The molecular formula is C23H34N4O2S. The van der Waals surface area contributed by atoms with Crippen molar-refractivity contribution in [3.05, 3.63) is 11.6 Å². The zero-order valence-electron chi connectivity index (χ0n) is 18.2. The molecule has 0 radical (unpaired) electrons. The lowest BCUT2D eigenvalue weighted by molar-refractivity contribution is -0.150. The van der Waals surface area contributed by atoms with Crippen LogP contribution in [0.2, 0.25) is 0 Å². The summed E-state index contributed by atoms with van der Waals surface area (Å²) in [6, 6.07) is -0.420. The Bertz CT molecular complexity index is 750. The highest BCUT2D eigenvalue weighted by atomic mass is 32.1. The number of hydrogen-bond acceptors (Lipinski definition) is 5. The van der Waals surface area contributed by atoms with Gasteiger partial charge < -0.3 is 15.1 Å². The Morgan fingerprint density at radius 3 is 2.17 bits per heavy atom. The average molecular weight is 431 g/mol. The standard InChI is InChI=1S/C23H34N4O2S/c1-15(2)19(20(28)26-4-6-27(7-5-26)22-24-3-8-30-22)25-21(29)23-12-16-9-17(13-23)11-18(10-16)14-23/h3,8,15-19H,4-7,9-14H2,1-2H3,(H,25,29). The van der Waals surface area contributed by atoms with Crippen molar-refractivity contribution >= 4 is 28.3 Å². The van der Waals surface area contributed by atoms with Gasteiger partial charge in [-0.3, -0.25) is 9.59 Å². The van der Waals surface area contributed by atoms with Crippen LogP contribution in [-0.4, -0.2) is 53.9 Å². The molecule has 4 bridgehead atoms. The van der Waals surface area contributed by atoms with Crippen molar-refractivity contribution in [3.8, 4) is 0 Å². The molecule has 5 fully saturated rings. The molecule has 1 atom stereocenters. The lowest BCUT2D eigenvalue weighted by Gasteiger charge is -2.56. The van der Waals surface area contributed by atoms with E-state index in [1.54, 1.807) is 11.3 Å². The van der Waals surface area contributed by atoms with E-state index in [0.29, 0.717) is 13.1 Å². The Labute approximate surface area is 183 Å². The highest BCUT2D eigenvalue weighted by Crippen LogP contribution is 2.60. The summed E-state index contributed by atoms with van der Waals surface area (Å²) in [4.78, 5) is 35.5. The minimum atomic E-state index is -0.420. The van der Waals surface area contributed by atoms with E-state index >= 15 is 0 Å². The van der Waals surface area contributed by atoms with Crippen LogP contribution < -0.4 is 10.2 Å². The number of nitrogens with zero attached hydrogens (tertiary/aromatic N) is 3. The number of aromatic nitrogens is 1. The van der Waals surface area contributed by atoms with E-state index in [9.17, 15) is 9.59 Å². The summed E-state index contributed by atoms with van der Waals surface area (Å²) >= 11 is 1.64. The minimum absolute atomic E-state index is 0.0851. The van der Waals surface area contributed by atoms with Crippen LogP contribution in [0, 0.1) is 29.1 Å². The maximum Gasteiger partial charge on any atom is 0.245 e. The quantitative estimate of drug-likeness (QED) is 0.779. The topological polar surface area (TPSA) is 65.5 Å². The molecule has 2 heterocycles. The van der Waals surface area contributed by atoms with Crippen LogP contribution in [0.15, 0.2) is 11.6 Å². The number of nitrogens with one attached hydrogen (secondary N) is 1. The predicted molar refractivity (Wildman–Crippen MR) is 118 cm³/mol. The number of carbonyl (C=O) groups excluding carboxylic acids is 2. The molecule has 1 aromatic rings. The van der Waals surface area contributed by atoms with E-state index in [4.69, 9.17) is 0 Å². The fourth-order valence-electron chi connectivity index (χ4n) is 6.88. The van der Waals surface area contributed by atoms with E-state index in [1.807, 2.05) is 30.3 Å². The largest absolute Gasteiger partial charge is 0.345 e. The summed E-state index contributed by atoms with van der Waals surface area (Å²) < 4.78 is 0. The third-order valence-corrected chi connectivity index (χ3v) is 8.85. The van der Waals surface area contributed by atoms with Crippen LogP contribution >= 0.6 is 11.3 Å². The third-order valence-electron chi connectivity index (χ3n) is 8.02. The predicted octanol–water partition coefficient (Wildman–Crippen LogP) is 3.15. The Morgan fingerprint density at radius 1 is 1.07 bits per heavy atom. The van der Waals surface area contributed by atoms with Gasteiger partial charge in [0.05, 0.1) is 0 Å². The smallest absolute Gasteiger partial charge is 0.245 e. The molecular weight excluding hydrogens is 396 g/mol. The second-order valence-corrected chi connectivity index (χ2v) is 11.4. The van der Waals surface area contributed by atoms with E-state index < -0.39 is 6.04 Å². The number of anilines is 1. The van der Waals surface area contributed by atoms with Crippen molar-refractivity contribution in [1.82, 2.24) is 15.2 Å². The first kappa shape index (κ1) is 20.3. The first-order chi connectivity index (χ1) is 14.4. The van der Waals surface area contributed by atoms with E-state index in [2.05, 4.69) is 15.2 Å². The van der Waals surface area contributed by atoms with Crippen LogP contribution in [0.5, 0.6) is 0 Å². The van der Waals surface area contributed by atoms with Crippen molar-refractivity contribution in [3.63, 3.8) is 0 Å². The Kier molecular flexibility index (Phi) is 5.28. The van der Waals surface area contributed by atoms with Gasteiger partial charge in [-0.05, 0) is 62.2 Å². The molecule has 6 nitrogen and oxygen atoms in total. The molecule has 1 saturated heterocycles. The van der Waals surface area contributed by atoms with Gasteiger partial charge in [-0.15, -0.1) is 11.3 Å². The second-order valence-electron chi connectivity index (χ2n) is 10.5. The maximum absolute atomic E-state index is 13.5. The fourth-order valence-corrected chi connectivity index (χ4v) is 7.58. The summed E-state index contributed by atoms with van der Waals surface area (Å²) in [6.45, 7) is 7.08. The Balaban J connectivity index is 1.23. The van der Waals surface area contributed by atoms with Gasteiger partial charge in [0.2, 0.25) is 11.8 Å². The number of hydrogen-bond donors (Lipinski definition) is 1. The monoisotopic (exact) mass is 430 g/mol. The van der Waals surface area contributed by atoms with Gasteiger partial charge in [0.15, 0.2) is 5.13 Å². The molecule has 2 amide bonds. The second kappa shape index (κ2) is 7.81. The van der Waals surface area contributed by atoms with Gasteiger partial charge in [-0.2, -0.15) is 0 Å². The molecule has 4 saturated carbocycles. The van der Waals surface area contributed by atoms with Gasteiger partial charge in [-0.1, -0.05) is 13.8 Å². The molecule has 164 valence electrons. The van der Waals surface area contributed by atoms with Gasteiger partial charge in [0.25, 0.3) is 0 Å². The number of carbonyl (C=O) groups is 2. The summed E-state index contributed by atoms with van der Waals surface area (Å²) in [5, 5.41) is 6.27. The van der Waals surface area contributed by atoms with Gasteiger partial charge in [0, 0.05) is 43.2 Å². The Morgan fingerprint density at radius 2 is 1.67 bits per heavy atom. The zero-order chi connectivity index (χ0) is 20.9. The van der Waals surface area contributed by atoms with Crippen LogP contribution in [0.4, 0.5) is 5.13 Å². The molecule has 4 aliphatic carbocycles. The average Bonchev–Trinajstić information content (AvgIpc) is 3.25. The van der Waals surface area contributed by atoms with Crippen molar-refractivity contribution in [1.29, 1.82) is 0 Å². The maximum atomic E-state index is 13.5. The number of piperazine rings is 1. The normalized spacial score (nSPS) is 33.8. The first-order valence-corrected chi connectivity index (χ1v) is 12.6. The molecule has 6 rings (SSSR count). The van der Waals surface area contributed by atoms with Crippen molar-refractivity contribution in [2.45, 2.75) is 58.4 Å². The highest BCUT2D eigenvalue weighted by Gasteiger charge is 2.55. The van der Waals surface area contributed by atoms with Crippen molar-refractivity contribution in [2.24, 2.45) is 29.1 Å². The van der Waals surface area contributed by atoms with Gasteiger partial charge in [0.1, 0.15) is 6.04 Å². The Hall–Kier alpha value is -1.63. The molecule has 1 unspecified atom stereocenters. The van der Waals surface area contributed by atoms with Crippen LogP contribution in [0.25, 0.3) is 0 Å². The molecule has 30 heavy (non-hydrogen) atoms. The number of thiazole rings is 1. The highest BCUT2D eigenvalue weighted by molar-refractivity contribution is 7.13. The lowest BCUT2D eigenvalue weighted by atomic mass is 9.49. The molecule has 1 aromatic heterocycles. The fraction of sp³-hybridized carbons (Fsp3) is 0.783. The van der Waals surface area contributed by atoms with Gasteiger partial charge >= 0.3 is 0 Å². The summed E-state index contributed by atoms with van der Waals surface area (Å²) in [5.74, 6) is 2.53. The summed E-state index contributed by atoms with van der Waals surface area (Å²) in [6.07, 6.45) is 8.91. The molecule has 1 aliphatic heterocycles. The molecule has 1 N–H and O–H groups in total. The number of amides is 2. The first-order valence-electron chi connectivity index (χ1n) is 11.7. The van der Waals surface area contributed by atoms with Crippen LogP contribution in [0.1, 0.15) is 52.4 Å². The van der Waals surface area contributed by atoms with E-state index in [1.165, 1.54) is 19.3 Å².